The Labute approximate surface area is 119 Å². The fraction of sp³-hybridized carbons (Fsp3) is 0.333. The van der Waals surface area contributed by atoms with Gasteiger partial charge in [0.2, 0.25) is 5.95 Å². The molecule has 3 rings (SSSR count). The average molecular weight is 294 g/mol. The number of esters is 1. The van der Waals surface area contributed by atoms with Gasteiger partial charge in [-0.25, -0.2) is 4.98 Å². The number of nitrogens with zero attached hydrogens (tertiary/aromatic N) is 4. The van der Waals surface area contributed by atoms with Crippen LogP contribution in [0.15, 0.2) is 18.5 Å². The van der Waals surface area contributed by atoms with Gasteiger partial charge in [0, 0.05) is 0 Å². The summed E-state index contributed by atoms with van der Waals surface area (Å²) in [5, 5.41) is 0.220. The number of halogens is 1. The maximum absolute atomic E-state index is 11.5. The summed E-state index contributed by atoms with van der Waals surface area (Å²) in [6.07, 6.45) is 5.97. The van der Waals surface area contributed by atoms with Gasteiger partial charge in [-0.15, -0.1) is 0 Å². The van der Waals surface area contributed by atoms with Gasteiger partial charge < -0.3 is 15.0 Å². The van der Waals surface area contributed by atoms with E-state index in [0.717, 1.165) is 0 Å². The molecular weight excluding hydrogens is 282 g/mol. The second kappa shape index (κ2) is 4.75. The van der Waals surface area contributed by atoms with Crippen LogP contribution >= 0.6 is 11.6 Å². The lowest BCUT2D eigenvalue weighted by atomic mass is 10.1. The molecule has 8 heteroatoms. The molecule has 0 unspecified atom stereocenters. The number of anilines is 1. The van der Waals surface area contributed by atoms with E-state index in [9.17, 15) is 4.79 Å². The maximum Gasteiger partial charge on any atom is 0.312 e. The number of nitrogens with two attached hydrogens (primary N) is 1. The van der Waals surface area contributed by atoms with Crippen LogP contribution in [0.3, 0.4) is 0 Å². The zero-order valence-electron chi connectivity index (χ0n) is 10.7. The Morgan fingerprint density at radius 3 is 3.05 bits per heavy atom. The Morgan fingerprint density at radius 1 is 1.50 bits per heavy atom. The molecule has 7 nitrogen and oxygen atoms in total. The van der Waals surface area contributed by atoms with Gasteiger partial charge in [0.1, 0.15) is 5.52 Å². The number of rotatable bonds is 2. The summed E-state index contributed by atoms with van der Waals surface area (Å²) >= 11 is 5.98. The molecule has 0 aliphatic heterocycles. The van der Waals surface area contributed by atoms with E-state index in [2.05, 4.69) is 15.0 Å². The normalized spacial score (nSPS) is 21.5. The van der Waals surface area contributed by atoms with E-state index in [1.54, 1.807) is 6.33 Å². The molecule has 0 radical (unpaired) electrons. The van der Waals surface area contributed by atoms with Crippen molar-refractivity contribution in [3.8, 4) is 0 Å². The van der Waals surface area contributed by atoms with E-state index in [1.807, 2.05) is 16.7 Å². The van der Waals surface area contributed by atoms with E-state index >= 15 is 0 Å². The minimum atomic E-state index is -0.253. The van der Waals surface area contributed by atoms with E-state index in [4.69, 9.17) is 22.1 Å². The number of ether oxygens (including phenoxy) is 1. The largest absolute Gasteiger partial charge is 0.469 e. The summed E-state index contributed by atoms with van der Waals surface area (Å²) in [5.41, 5.74) is 6.66. The van der Waals surface area contributed by atoms with E-state index < -0.39 is 0 Å². The Bertz CT molecular complexity index is 711. The molecule has 2 aromatic heterocycles. The van der Waals surface area contributed by atoms with Crippen LogP contribution in [0.5, 0.6) is 0 Å². The first-order valence-corrected chi connectivity index (χ1v) is 6.39. The predicted molar refractivity (Wildman–Crippen MR) is 73.0 cm³/mol. The summed E-state index contributed by atoms with van der Waals surface area (Å²) < 4.78 is 6.58. The van der Waals surface area contributed by atoms with Crippen LogP contribution in [0.2, 0.25) is 5.15 Å². The van der Waals surface area contributed by atoms with Crippen molar-refractivity contribution in [3.63, 3.8) is 0 Å². The monoisotopic (exact) mass is 293 g/mol. The van der Waals surface area contributed by atoms with Gasteiger partial charge >= 0.3 is 5.97 Å². The SMILES string of the molecule is COC(=O)[C@@H]1C=C[C@H](n2cnc3c(Cl)nc(N)nc32)C1. The average Bonchev–Trinajstić information content (AvgIpc) is 3.03. The van der Waals surface area contributed by atoms with Crippen molar-refractivity contribution < 1.29 is 9.53 Å². The Kier molecular flexibility index (Phi) is 3.06. The number of imidazole rings is 1. The molecule has 0 aromatic carbocycles. The van der Waals surface area contributed by atoms with Crippen LogP contribution in [0, 0.1) is 5.92 Å². The van der Waals surface area contributed by atoms with Crippen molar-refractivity contribution in [2.75, 3.05) is 12.8 Å². The summed E-state index contributed by atoms with van der Waals surface area (Å²) in [7, 11) is 1.38. The Hall–Kier alpha value is -2.15. The highest BCUT2D eigenvalue weighted by molar-refractivity contribution is 6.33. The third-order valence-corrected chi connectivity index (χ3v) is 3.58. The van der Waals surface area contributed by atoms with E-state index in [-0.39, 0.29) is 29.0 Å². The zero-order valence-corrected chi connectivity index (χ0v) is 11.4. The Balaban J connectivity index is 1.97. The first-order chi connectivity index (χ1) is 9.60. The molecule has 0 bridgehead atoms. The third kappa shape index (κ3) is 2.00. The van der Waals surface area contributed by atoms with Crippen LogP contribution < -0.4 is 5.73 Å². The summed E-state index contributed by atoms with van der Waals surface area (Å²) in [5.74, 6) is -0.409. The third-order valence-electron chi connectivity index (χ3n) is 3.32. The maximum atomic E-state index is 11.5. The number of carbonyl (C=O) groups excluding carboxylic acids is 1. The van der Waals surface area contributed by atoms with Crippen LogP contribution in [-0.2, 0) is 9.53 Å². The number of hydrogen-bond acceptors (Lipinski definition) is 6. The van der Waals surface area contributed by atoms with Crippen molar-refractivity contribution in [2.45, 2.75) is 12.5 Å². The van der Waals surface area contributed by atoms with Gasteiger partial charge in [-0.2, -0.15) is 9.97 Å². The lowest BCUT2D eigenvalue weighted by Crippen LogP contribution is -2.14. The molecule has 1 aliphatic rings. The summed E-state index contributed by atoms with van der Waals surface area (Å²) in [6, 6.07) is -0.0329. The second-order valence-corrected chi connectivity index (χ2v) is 4.87. The number of allylic oxidation sites excluding steroid dienone is 1. The van der Waals surface area contributed by atoms with E-state index in [1.165, 1.54) is 7.11 Å². The molecule has 0 saturated heterocycles. The molecule has 20 heavy (non-hydrogen) atoms. The van der Waals surface area contributed by atoms with Crippen molar-refractivity contribution in [1.29, 1.82) is 0 Å². The predicted octanol–water partition coefficient (Wildman–Crippen LogP) is 1.35. The molecule has 0 fully saturated rings. The van der Waals surface area contributed by atoms with Crippen LogP contribution in [-0.4, -0.2) is 32.6 Å². The van der Waals surface area contributed by atoms with Gasteiger partial charge in [-0.05, 0) is 6.42 Å². The zero-order chi connectivity index (χ0) is 14.3. The van der Waals surface area contributed by atoms with E-state index in [0.29, 0.717) is 17.6 Å². The minimum Gasteiger partial charge on any atom is -0.469 e. The van der Waals surface area contributed by atoms with Gasteiger partial charge in [0.15, 0.2) is 10.8 Å². The van der Waals surface area contributed by atoms with Crippen LogP contribution in [0.1, 0.15) is 12.5 Å². The van der Waals surface area contributed by atoms with Crippen LogP contribution in [0.4, 0.5) is 5.95 Å². The minimum absolute atomic E-state index is 0.0329. The first-order valence-electron chi connectivity index (χ1n) is 6.02. The smallest absolute Gasteiger partial charge is 0.312 e. The first kappa shape index (κ1) is 12.9. The van der Waals surface area contributed by atoms with Crippen molar-refractivity contribution >= 4 is 34.7 Å². The molecule has 0 saturated carbocycles. The van der Waals surface area contributed by atoms with Gasteiger partial charge in [-0.1, -0.05) is 23.8 Å². The van der Waals surface area contributed by atoms with Gasteiger partial charge in [-0.3, -0.25) is 4.79 Å². The molecular formula is C12H12ClN5O2. The number of hydrogen-bond donors (Lipinski definition) is 1. The fourth-order valence-corrected chi connectivity index (χ4v) is 2.57. The number of aromatic nitrogens is 4. The number of fused-ring (bicyclic) bond motifs is 1. The number of nitrogen functional groups attached to an aromatic ring is 1. The van der Waals surface area contributed by atoms with Crippen LogP contribution in [0.25, 0.3) is 11.2 Å². The molecule has 0 spiro atoms. The quantitative estimate of drug-likeness (QED) is 0.510. The molecule has 2 N–H and O–H groups in total. The summed E-state index contributed by atoms with van der Waals surface area (Å²) in [6.45, 7) is 0. The lowest BCUT2D eigenvalue weighted by Gasteiger charge is -2.12. The highest BCUT2D eigenvalue weighted by Gasteiger charge is 2.28. The van der Waals surface area contributed by atoms with Crippen molar-refractivity contribution in [2.24, 2.45) is 5.92 Å². The van der Waals surface area contributed by atoms with Crippen molar-refractivity contribution in [3.05, 3.63) is 23.6 Å². The lowest BCUT2D eigenvalue weighted by molar-refractivity contribution is -0.143. The van der Waals surface area contributed by atoms with Gasteiger partial charge in [0.25, 0.3) is 0 Å². The molecule has 104 valence electrons. The van der Waals surface area contributed by atoms with Gasteiger partial charge in [0.05, 0.1) is 25.4 Å². The number of methoxy groups -OCH3 is 1. The topological polar surface area (TPSA) is 95.9 Å². The molecule has 2 aromatic rings. The second-order valence-electron chi connectivity index (χ2n) is 4.51. The standard InChI is InChI=1S/C12H12ClN5O2/c1-20-11(19)6-2-3-7(4-6)18-5-15-8-9(13)16-12(14)17-10(8)18/h2-3,5-7H,4H2,1H3,(H2,14,16,17)/t6-,7+/m1/s1. The molecule has 2 atom stereocenters. The Morgan fingerprint density at radius 2 is 2.30 bits per heavy atom. The number of carbonyl (C=O) groups is 1. The van der Waals surface area contributed by atoms with Crippen molar-refractivity contribution in [1.82, 2.24) is 19.5 Å². The fourth-order valence-electron chi connectivity index (χ4n) is 2.35. The summed E-state index contributed by atoms with van der Waals surface area (Å²) in [4.78, 5) is 23.8. The molecule has 2 heterocycles. The highest BCUT2D eigenvalue weighted by Crippen LogP contribution is 2.31. The highest BCUT2D eigenvalue weighted by atomic mass is 35.5. The molecule has 0 amide bonds. The molecule has 1 aliphatic carbocycles.